The van der Waals surface area contributed by atoms with E-state index in [-0.39, 0.29) is 12.3 Å². The van der Waals surface area contributed by atoms with Crippen molar-refractivity contribution in [3.8, 4) is 11.8 Å². The van der Waals surface area contributed by atoms with Crippen LogP contribution in [0.25, 0.3) is 0 Å². The molecule has 0 radical (unpaired) electrons. The fraction of sp³-hybridized carbons (Fsp3) is 0.333. The summed E-state index contributed by atoms with van der Waals surface area (Å²) < 4.78 is 5.18. The Kier molecular flexibility index (Phi) is 4.34. The third kappa shape index (κ3) is 3.28. The second-order valence-corrected chi connectivity index (χ2v) is 3.43. The number of methoxy groups -OCH3 is 1. The van der Waals surface area contributed by atoms with Crippen LogP contribution in [0.1, 0.15) is 17.5 Å². The molecule has 1 aromatic rings. The lowest BCUT2D eigenvalue weighted by Crippen LogP contribution is -2.22. The first-order valence-electron chi connectivity index (χ1n) is 4.94. The van der Waals surface area contributed by atoms with Crippen LogP contribution in [0, 0.1) is 18.3 Å². The Morgan fingerprint density at radius 3 is 2.94 bits per heavy atom. The van der Waals surface area contributed by atoms with Crippen molar-refractivity contribution in [3.05, 3.63) is 29.3 Å². The van der Waals surface area contributed by atoms with E-state index in [1.54, 1.807) is 13.2 Å². The summed E-state index contributed by atoms with van der Waals surface area (Å²) in [6.45, 7) is 2.35. The van der Waals surface area contributed by atoms with Crippen molar-refractivity contribution >= 4 is 5.91 Å². The predicted molar refractivity (Wildman–Crippen MR) is 59.8 cm³/mol. The third-order valence-corrected chi connectivity index (χ3v) is 2.15. The zero-order valence-electron chi connectivity index (χ0n) is 9.41. The van der Waals surface area contributed by atoms with Gasteiger partial charge in [-0.1, -0.05) is 17.7 Å². The summed E-state index contributed by atoms with van der Waals surface area (Å²) in [6, 6.07) is 7.56. The second-order valence-electron chi connectivity index (χ2n) is 3.43. The molecule has 4 nitrogen and oxygen atoms in total. The maximum atomic E-state index is 11.1. The minimum absolute atomic E-state index is 0.117. The average Bonchev–Trinajstić information content (AvgIpc) is 2.27. The summed E-state index contributed by atoms with van der Waals surface area (Å²) in [5.74, 6) is 0.467. The molecule has 0 aliphatic rings. The smallest absolute Gasteiger partial charge is 0.234 e. The highest BCUT2D eigenvalue weighted by Crippen LogP contribution is 2.19. The van der Waals surface area contributed by atoms with Crippen molar-refractivity contribution < 1.29 is 9.53 Å². The molecule has 0 aliphatic heterocycles. The molecule has 1 rings (SSSR count). The molecule has 1 amide bonds. The van der Waals surface area contributed by atoms with Crippen LogP contribution in [-0.2, 0) is 11.3 Å². The van der Waals surface area contributed by atoms with Gasteiger partial charge in [0.2, 0.25) is 5.91 Å². The van der Waals surface area contributed by atoms with E-state index in [1.807, 2.05) is 25.1 Å². The van der Waals surface area contributed by atoms with Crippen LogP contribution in [0.2, 0.25) is 0 Å². The number of hydrogen-bond donors (Lipinski definition) is 1. The van der Waals surface area contributed by atoms with E-state index >= 15 is 0 Å². The Morgan fingerprint density at radius 2 is 2.31 bits per heavy atom. The van der Waals surface area contributed by atoms with Gasteiger partial charge >= 0.3 is 0 Å². The quantitative estimate of drug-likeness (QED) is 0.833. The lowest BCUT2D eigenvalue weighted by molar-refractivity contribution is -0.120. The van der Waals surface area contributed by atoms with E-state index < -0.39 is 0 Å². The molecule has 0 heterocycles. The van der Waals surface area contributed by atoms with Crippen molar-refractivity contribution in [1.82, 2.24) is 5.32 Å². The van der Waals surface area contributed by atoms with Crippen LogP contribution < -0.4 is 10.1 Å². The second kappa shape index (κ2) is 5.76. The summed E-state index contributed by atoms with van der Waals surface area (Å²) in [4.78, 5) is 11.1. The van der Waals surface area contributed by atoms with E-state index in [4.69, 9.17) is 10.00 Å². The molecule has 0 spiro atoms. The number of aryl methyl sites for hydroxylation is 1. The first-order valence-corrected chi connectivity index (χ1v) is 4.94. The summed E-state index contributed by atoms with van der Waals surface area (Å²) in [7, 11) is 1.59. The number of ether oxygens (including phenoxy) is 1. The number of benzene rings is 1. The first kappa shape index (κ1) is 12.1. The van der Waals surface area contributed by atoms with Gasteiger partial charge in [0.1, 0.15) is 12.2 Å². The van der Waals surface area contributed by atoms with Crippen molar-refractivity contribution in [1.29, 1.82) is 5.26 Å². The van der Waals surface area contributed by atoms with Gasteiger partial charge in [-0.3, -0.25) is 4.79 Å². The molecule has 0 bridgehead atoms. The minimum atomic E-state index is -0.272. The average molecular weight is 218 g/mol. The normalized spacial score (nSPS) is 9.31. The Balaban J connectivity index is 2.69. The van der Waals surface area contributed by atoms with Crippen LogP contribution in [0.4, 0.5) is 0 Å². The number of hydrogen-bond acceptors (Lipinski definition) is 3. The minimum Gasteiger partial charge on any atom is -0.496 e. The maximum absolute atomic E-state index is 11.1. The molecule has 1 N–H and O–H groups in total. The van der Waals surface area contributed by atoms with E-state index in [9.17, 15) is 4.79 Å². The van der Waals surface area contributed by atoms with Crippen LogP contribution in [-0.4, -0.2) is 13.0 Å². The molecule has 16 heavy (non-hydrogen) atoms. The molecule has 84 valence electrons. The maximum Gasteiger partial charge on any atom is 0.234 e. The third-order valence-electron chi connectivity index (χ3n) is 2.15. The van der Waals surface area contributed by atoms with Gasteiger partial charge in [-0.25, -0.2) is 0 Å². The number of rotatable bonds is 4. The van der Waals surface area contributed by atoms with E-state index in [0.717, 1.165) is 16.9 Å². The van der Waals surface area contributed by atoms with Gasteiger partial charge in [0.15, 0.2) is 0 Å². The molecule has 4 heteroatoms. The van der Waals surface area contributed by atoms with Crippen LogP contribution in [0.5, 0.6) is 5.75 Å². The Bertz CT molecular complexity index is 422. The topological polar surface area (TPSA) is 62.1 Å². The van der Waals surface area contributed by atoms with Crippen LogP contribution in [0.3, 0.4) is 0 Å². The van der Waals surface area contributed by atoms with Gasteiger partial charge in [-0.05, 0) is 13.0 Å². The van der Waals surface area contributed by atoms with Gasteiger partial charge < -0.3 is 10.1 Å². The van der Waals surface area contributed by atoms with Crippen molar-refractivity contribution in [3.63, 3.8) is 0 Å². The van der Waals surface area contributed by atoms with Crippen molar-refractivity contribution in [2.75, 3.05) is 7.11 Å². The Labute approximate surface area is 94.8 Å². The monoisotopic (exact) mass is 218 g/mol. The Morgan fingerprint density at radius 1 is 1.56 bits per heavy atom. The lowest BCUT2D eigenvalue weighted by Gasteiger charge is -2.09. The summed E-state index contributed by atoms with van der Waals surface area (Å²) in [5, 5.41) is 11.0. The van der Waals surface area contributed by atoms with Crippen LogP contribution in [0.15, 0.2) is 18.2 Å². The molecule has 0 aromatic heterocycles. The van der Waals surface area contributed by atoms with Crippen molar-refractivity contribution in [2.45, 2.75) is 19.9 Å². The van der Waals surface area contributed by atoms with E-state index in [2.05, 4.69) is 5.32 Å². The first-order chi connectivity index (χ1) is 7.67. The SMILES string of the molecule is COc1ccc(C)cc1CNC(=O)CC#N. The summed E-state index contributed by atoms with van der Waals surface area (Å²) in [6.07, 6.45) is -0.117. The number of amides is 1. The molecule has 0 fully saturated rings. The molecule has 0 unspecified atom stereocenters. The molecule has 0 aliphatic carbocycles. The lowest BCUT2D eigenvalue weighted by atomic mass is 10.1. The largest absolute Gasteiger partial charge is 0.496 e. The molecular formula is C12H14N2O2. The zero-order valence-corrected chi connectivity index (χ0v) is 9.41. The van der Waals surface area contributed by atoms with Gasteiger partial charge in [-0.15, -0.1) is 0 Å². The Hall–Kier alpha value is -2.02. The molecule has 0 atom stereocenters. The molecule has 0 saturated heterocycles. The number of nitriles is 1. The highest BCUT2D eigenvalue weighted by Gasteiger charge is 2.05. The fourth-order valence-corrected chi connectivity index (χ4v) is 1.37. The highest BCUT2D eigenvalue weighted by molar-refractivity contribution is 5.78. The molecular weight excluding hydrogens is 204 g/mol. The van der Waals surface area contributed by atoms with Gasteiger partial charge in [-0.2, -0.15) is 5.26 Å². The number of carbonyl (C=O) groups is 1. The molecule has 1 aromatic carbocycles. The standard InChI is InChI=1S/C12H14N2O2/c1-9-3-4-11(16-2)10(7-9)8-14-12(15)5-6-13/h3-4,7H,5,8H2,1-2H3,(H,14,15). The van der Waals surface area contributed by atoms with Gasteiger partial charge in [0.25, 0.3) is 0 Å². The number of nitrogens with one attached hydrogen (secondary N) is 1. The predicted octanol–water partition coefficient (Wildman–Crippen LogP) is 1.53. The fourth-order valence-electron chi connectivity index (χ4n) is 1.37. The molecule has 0 saturated carbocycles. The van der Waals surface area contributed by atoms with Gasteiger partial charge in [0.05, 0.1) is 13.2 Å². The van der Waals surface area contributed by atoms with Crippen molar-refractivity contribution in [2.24, 2.45) is 0 Å². The van der Waals surface area contributed by atoms with E-state index in [0.29, 0.717) is 6.54 Å². The summed E-state index contributed by atoms with van der Waals surface area (Å²) >= 11 is 0. The number of nitrogens with zero attached hydrogens (tertiary/aromatic N) is 1. The zero-order chi connectivity index (χ0) is 12.0. The van der Waals surface area contributed by atoms with Crippen LogP contribution >= 0.6 is 0 Å². The van der Waals surface area contributed by atoms with E-state index in [1.165, 1.54) is 0 Å². The number of carbonyl (C=O) groups excluding carboxylic acids is 1. The summed E-state index contributed by atoms with van der Waals surface area (Å²) in [5.41, 5.74) is 2.01. The highest BCUT2D eigenvalue weighted by atomic mass is 16.5. The van der Waals surface area contributed by atoms with Gasteiger partial charge in [0, 0.05) is 12.1 Å².